The van der Waals surface area contributed by atoms with Crippen LogP contribution in [0.15, 0.2) is 18.3 Å². The maximum atomic E-state index is 12.5. The number of nitrogens with one attached hydrogen (secondary N) is 1. The lowest BCUT2D eigenvalue weighted by Gasteiger charge is -2.13. The van der Waals surface area contributed by atoms with Crippen molar-refractivity contribution in [1.82, 2.24) is 10.3 Å². The predicted molar refractivity (Wildman–Crippen MR) is 57.8 cm³/mol. The third-order valence-electron chi connectivity index (χ3n) is 2.13. The summed E-state index contributed by atoms with van der Waals surface area (Å²) in [6.45, 7) is 2.15. The number of pyridine rings is 1. The van der Waals surface area contributed by atoms with E-state index in [0.29, 0.717) is 5.75 Å². The Bertz CT molecular complexity index is 322. The zero-order chi connectivity index (χ0) is 12.2. The van der Waals surface area contributed by atoms with E-state index in [9.17, 15) is 8.78 Å². The van der Waals surface area contributed by atoms with E-state index in [-0.39, 0.29) is 6.04 Å². The van der Waals surface area contributed by atoms with E-state index in [1.54, 1.807) is 12.1 Å². The highest BCUT2D eigenvalue weighted by Gasteiger charge is 2.22. The van der Waals surface area contributed by atoms with E-state index in [1.165, 1.54) is 6.20 Å². The molecule has 5 heteroatoms. The van der Waals surface area contributed by atoms with Gasteiger partial charge in [0.1, 0.15) is 5.75 Å². The predicted octanol–water partition coefficient (Wildman–Crippen LogP) is 2.40. The fourth-order valence-electron chi connectivity index (χ4n) is 1.09. The van der Waals surface area contributed by atoms with Crippen LogP contribution < -0.4 is 10.1 Å². The number of alkyl halides is 2. The molecule has 0 saturated heterocycles. The van der Waals surface area contributed by atoms with Crippen LogP contribution in [-0.4, -0.2) is 24.6 Å². The summed E-state index contributed by atoms with van der Waals surface area (Å²) in [5, 5.41) is 3.03. The summed E-state index contributed by atoms with van der Waals surface area (Å²) in [5.74, 6) is -2.47. The molecular weight excluding hydrogens is 214 g/mol. The van der Waals surface area contributed by atoms with Crippen LogP contribution >= 0.6 is 0 Å². The molecule has 0 saturated carbocycles. The van der Waals surface area contributed by atoms with Crippen LogP contribution in [-0.2, 0) is 0 Å². The summed E-state index contributed by atoms with van der Waals surface area (Å²) in [6, 6.07) is 3.52. The zero-order valence-electron chi connectivity index (χ0n) is 9.63. The van der Waals surface area contributed by atoms with Crippen molar-refractivity contribution in [2.75, 3.05) is 13.7 Å². The van der Waals surface area contributed by atoms with Crippen LogP contribution in [0.1, 0.15) is 25.6 Å². The van der Waals surface area contributed by atoms with Crippen molar-refractivity contribution in [3.05, 3.63) is 24.0 Å². The van der Waals surface area contributed by atoms with E-state index >= 15 is 0 Å². The quantitative estimate of drug-likeness (QED) is 0.843. The molecule has 1 aromatic rings. The summed E-state index contributed by atoms with van der Waals surface area (Å²) < 4.78 is 29.9. The second-order valence-corrected chi connectivity index (χ2v) is 3.79. The summed E-state index contributed by atoms with van der Waals surface area (Å²) >= 11 is 0. The van der Waals surface area contributed by atoms with Crippen LogP contribution in [0.3, 0.4) is 0 Å². The molecular formula is C11H16F2N2O. The van der Waals surface area contributed by atoms with Gasteiger partial charge in [0.05, 0.1) is 11.9 Å². The van der Waals surface area contributed by atoms with E-state index < -0.39 is 12.5 Å². The largest absolute Gasteiger partial charge is 0.486 e. The maximum absolute atomic E-state index is 12.5. The van der Waals surface area contributed by atoms with Crippen LogP contribution in [0.5, 0.6) is 5.75 Å². The second kappa shape index (κ2) is 5.21. The minimum Gasteiger partial charge on any atom is -0.486 e. The number of hydrogen-bond acceptors (Lipinski definition) is 3. The molecule has 1 atom stereocenters. The first-order valence-corrected chi connectivity index (χ1v) is 5.06. The van der Waals surface area contributed by atoms with Gasteiger partial charge in [0, 0.05) is 13.0 Å². The molecule has 0 radical (unpaired) electrons. The van der Waals surface area contributed by atoms with E-state index in [1.807, 2.05) is 14.0 Å². The SMILES string of the molecule is CNC(C)c1ccc(OCC(C)(F)F)cn1. The number of hydrogen-bond donors (Lipinski definition) is 1. The van der Waals surface area contributed by atoms with Gasteiger partial charge in [-0.1, -0.05) is 0 Å². The number of halogens is 2. The lowest BCUT2D eigenvalue weighted by Crippen LogP contribution is -2.21. The van der Waals surface area contributed by atoms with E-state index in [4.69, 9.17) is 4.74 Å². The molecule has 0 aliphatic heterocycles. The lowest BCUT2D eigenvalue weighted by molar-refractivity contribution is -0.0230. The summed E-state index contributed by atoms with van der Waals surface area (Å²) in [5.41, 5.74) is 0.845. The Kier molecular flexibility index (Phi) is 4.18. The van der Waals surface area contributed by atoms with Gasteiger partial charge in [0.15, 0.2) is 6.61 Å². The van der Waals surface area contributed by atoms with Crippen molar-refractivity contribution in [2.24, 2.45) is 0 Å². The van der Waals surface area contributed by atoms with Gasteiger partial charge in [0.2, 0.25) is 0 Å². The van der Waals surface area contributed by atoms with Crippen LogP contribution in [0, 0.1) is 0 Å². The number of ether oxygens (including phenoxy) is 1. The van der Waals surface area contributed by atoms with Crippen molar-refractivity contribution >= 4 is 0 Å². The van der Waals surface area contributed by atoms with Crippen molar-refractivity contribution < 1.29 is 13.5 Å². The Morgan fingerprint density at radius 1 is 1.50 bits per heavy atom. The lowest BCUT2D eigenvalue weighted by atomic mass is 10.2. The summed E-state index contributed by atoms with van der Waals surface area (Å²) in [6.07, 6.45) is 1.45. The third-order valence-corrected chi connectivity index (χ3v) is 2.13. The number of rotatable bonds is 5. The van der Waals surface area contributed by atoms with E-state index in [0.717, 1.165) is 12.6 Å². The first-order chi connectivity index (χ1) is 7.42. The molecule has 0 bridgehead atoms. The normalized spacial score (nSPS) is 13.6. The first-order valence-electron chi connectivity index (χ1n) is 5.06. The molecule has 1 unspecified atom stereocenters. The highest BCUT2D eigenvalue weighted by Crippen LogP contribution is 2.17. The van der Waals surface area contributed by atoms with Crippen LogP contribution in [0.2, 0.25) is 0 Å². The maximum Gasteiger partial charge on any atom is 0.278 e. The molecule has 0 aliphatic rings. The van der Waals surface area contributed by atoms with Gasteiger partial charge >= 0.3 is 0 Å². The number of aromatic nitrogens is 1. The summed E-state index contributed by atoms with van der Waals surface area (Å²) in [7, 11) is 1.83. The molecule has 1 aromatic heterocycles. The Labute approximate surface area is 93.8 Å². The molecule has 1 rings (SSSR count). The zero-order valence-corrected chi connectivity index (χ0v) is 9.63. The highest BCUT2D eigenvalue weighted by atomic mass is 19.3. The van der Waals surface area contributed by atoms with Crippen molar-refractivity contribution in [1.29, 1.82) is 0 Å². The molecule has 0 amide bonds. The standard InChI is InChI=1S/C11H16F2N2O/c1-8(14-3)10-5-4-9(6-15-10)16-7-11(2,12)13/h4-6,8,14H,7H2,1-3H3. The van der Waals surface area contributed by atoms with Gasteiger partial charge in [-0.05, 0) is 26.1 Å². The Hall–Kier alpha value is -1.23. The molecule has 0 fully saturated rings. The fourth-order valence-corrected chi connectivity index (χ4v) is 1.09. The van der Waals surface area contributed by atoms with Crippen molar-refractivity contribution in [2.45, 2.75) is 25.8 Å². The van der Waals surface area contributed by atoms with Crippen LogP contribution in [0.4, 0.5) is 8.78 Å². The van der Waals surface area contributed by atoms with Crippen molar-refractivity contribution in [3.8, 4) is 5.75 Å². The Morgan fingerprint density at radius 3 is 2.62 bits per heavy atom. The second-order valence-electron chi connectivity index (χ2n) is 3.79. The molecule has 0 aliphatic carbocycles. The molecule has 16 heavy (non-hydrogen) atoms. The Morgan fingerprint density at radius 2 is 2.19 bits per heavy atom. The summed E-state index contributed by atoms with van der Waals surface area (Å²) in [4.78, 5) is 4.12. The minimum absolute atomic E-state index is 0.127. The van der Waals surface area contributed by atoms with Gasteiger partial charge in [-0.3, -0.25) is 4.98 Å². The smallest absolute Gasteiger partial charge is 0.278 e. The highest BCUT2D eigenvalue weighted by molar-refractivity contribution is 5.21. The van der Waals surface area contributed by atoms with Gasteiger partial charge < -0.3 is 10.1 Å². The molecule has 0 aromatic carbocycles. The molecule has 0 spiro atoms. The van der Waals surface area contributed by atoms with Gasteiger partial charge in [-0.25, -0.2) is 8.78 Å². The molecule has 1 heterocycles. The van der Waals surface area contributed by atoms with Crippen molar-refractivity contribution in [3.63, 3.8) is 0 Å². The molecule has 3 nitrogen and oxygen atoms in total. The van der Waals surface area contributed by atoms with Gasteiger partial charge in [-0.2, -0.15) is 0 Å². The first kappa shape index (κ1) is 12.8. The average molecular weight is 230 g/mol. The topological polar surface area (TPSA) is 34.1 Å². The monoisotopic (exact) mass is 230 g/mol. The number of nitrogens with zero attached hydrogens (tertiary/aromatic N) is 1. The fraction of sp³-hybridized carbons (Fsp3) is 0.545. The minimum atomic E-state index is -2.82. The van der Waals surface area contributed by atoms with E-state index in [2.05, 4.69) is 10.3 Å². The van der Waals surface area contributed by atoms with Crippen LogP contribution in [0.25, 0.3) is 0 Å². The Balaban J connectivity index is 2.58. The van der Waals surface area contributed by atoms with Gasteiger partial charge in [-0.15, -0.1) is 0 Å². The van der Waals surface area contributed by atoms with Gasteiger partial charge in [0.25, 0.3) is 5.92 Å². The molecule has 1 N–H and O–H groups in total. The third kappa shape index (κ3) is 4.10. The molecule has 90 valence electrons. The average Bonchev–Trinajstić information content (AvgIpc) is 2.25.